The highest BCUT2D eigenvalue weighted by Crippen LogP contribution is 2.25. The van der Waals surface area contributed by atoms with Crippen LogP contribution in [-0.2, 0) is 4.74 Å². The number of pyridine rings is 1. The smallest absolute Gasteiger partial charge is 0.140 e. The predicted octanol–water partition coefficient (Wildman–Crippen LogP) is 2.26. The van der Waals surface area contributed by atoms with Crippen molar-refractivity contribution in [2.75, 3.05) is 24.3 Å². The number of hydrogen-bond donors (Lipinski definition) is 2. The first kappa shape index (κ1) is 11.7. The van der Waals surface area contributed by atoms with Crippen molar-refractivity contribution >= 4 is 27.4 Å². The number of rotatable bonds is 3. The fraction of sp³-hybridized carbons (Fsp3) is 0.545. The van der Waals surface area contributed by atoms with Gasteiger partial charge in [0.05, 0.1) is 23.0 Å². The third-order valence-electron chi connectivity index (χ3n) is 2.90. The maximum absolute atomic E-state index is 5.64. The van der Waals surface area contributed by atoms with E-state index >= 15 is 0 Å². The van der Waals surface area contributed by atoms with Crippen LogP contribution in [-0.4, -0.2) is 24.2 Å². The van der Waals surface area contributed by atoms with Gasteiger partial charge in [-0.3, -0.25) is 0 Å². The molecule has 1 aromatic rings. The summed E-state index contributed by atoms with van der Waals surface area (Å²) < 4.78 is 6.27. The lowest BCUT2D eigenvalue weighted by Crippen LogP contribution is -2.26. The topological polar surface area (TPSA) is 60.2 Å². The molecule has 0 saturated carbocycles. The summed E-state index contributed by atoms with van der Waals surface area (Å²) in [4.78, 5) is 4.27. The van der Waals surface area contributed by atoms with Crippen molar-refractivity contribution in [3.8, 4) is 0 Å². The summed E-state index contributed by atoms with van der Waals surface area (Å²) in [5.74, 6) is 1.40. The van der Waals surface area contributed by atoms with Crippen LogP contribution in [0.25, 0.3) is 0 Å². The summed E-state index contributed by atoms with van der Waals surface area (Å²) >= 11 is 3.45. The van der Waals surface area contributed by atoms with E-state index < -0.39 is 0 Å². The molecular formula is C11H16BrN3O. The largest absolute Gasteiger partial charge is 0.397 e. The molecule has 0 amide bonds. The Kier molecular flexibility index (Phi) is 3.66. The van der Waals surface area contributed by atoms with E-state index in [4.69, 9.17) is 10.5 Å². The van der Waals surface area contributed by atoms with Crippen LogP contribution >= 0.6 is 15.9 Å². The number of nitrogens with zero attached hydrogens (tertiary/aromatic N) is 1. The lowest BCUT2D eigenvalue weighted by Gasteiger charge is -2.20. The molecule has 0 aliphatic carbocycles. The lowest BCUT2D eigenvalue weighted by atomic mass is 10.0. The van der Waals surface area contributed by atoms with Gasteiger partial charge in [0.1, 0.15) is 5.82 Å². The first-order chi connectivity index (χ1) is 7.66. The van der Waals surface area contributed by atoms with Crippen LogP contribution in [0.3, 0.4) is 0 Å². The van der Waals surface area contributed by atoms with Gasteiger partial charge in [-0.05, 0) is 35.3 Å². The Morgan fingerprint density at radius 1 is 1.69 bits per heavy atom. The highest BCUT2D eigenvalue weighted by Gasteiger charge is 2.22. The van der Waals surface area contributed by atoms with Crippen molar-refractivity contribution in [1.82, 2.24) is 4.98 Å². The quantitative estimate of drug-likeness (QED) is 0.894. The van der Waals surface area contributed by atoms with Gasteiger partial charge in [0.2, 0.25) is 0 Å². The Hall–Kier alpha value is -0.810. The van der Waals surface area contributed by atoms with E-state index in [0.29, 0.717) is 17.6 Å². The van der Waals surface area contributed by atoms with Gasteiger partial charge in [-0.1, -0.05) is 0 Å². The molecule has 16 heavy (non-hydrogen) atoms. The standard InChI is InChI=1S/C11H16BrN3O/c1-7(8-2-3-16-6-8)15-11-10(12)4-9(13)5-14-11/h4-5,7-8H,2-3,6,13H2,1H3,(H,14,15). The SMILES string of the molecule is CC(Nc1ncc(N)cc1Br)C1CCOC1. The number of nitrogen functional groups attached to an aromatic ring is 1. The fourth-order valence-corrected chi connectivity index (χ4v) is 2.32. The summed E-state index contributed by atoms with van der Waals surface area (Å²) in [5.41, 5.74) is 6.30. The van der Waals surface area contributed by atoms with Crippen molar-refractivity contribution in [3.63, 3.8) is 0 Å². The molecule has 1 aliphatic heterocycles. The second-order valence-electron chi connectivity index (χ2n) is 4.16. The average molecular weight is 286 g/mol. The van der Waals surface area contributed by atoms with Crippen LogP contribution in [0.4, 0.5) is 11.5 Å². The van der Waals surface area contributed by atoms with E-state index in [-0.39, 0.29) is 0 Å². The predicted molar refractivity (Wildman–Crippen MR) is 68.4 cm³/mol. The van der Waals surface area contributed by atoms with Crippen LogP contribution in [0.1, 0.15) is 13.3 Å². The van der Waals surface area contributed by atoms with E-state index in [1.54, 1.807) is 6.20 Å². The van der Waals surface area contributed by atoms with Gasteiger partial charge in [0, 0.05) is 18.6 Å². The molecule has 4 nitrogen and oxygen atoms in total. The molecule has 2 rings (SSSR count). The van der Waals surface area contributed by atoms with Gasteiger partial charge < -0.3 is 15.8 Å². The molecule has 0 bridgehead atoms. The highest BCUT2D eigenvalue weighted by atomic mass is 79.9. The second kappa shape index (κ2) is 5.01. The lowest BCUT2D eigenvalue weighted by molar-refractivity contribution is 0.183. The monoisotopic (exact) mass is 285 g/mol. The zero-order chi connectivity index (χ0) is 11.5. The molecule has 2 heterocycles. The molecule has 2 atom stereocenters. The number of aromatic nitrogens is 1. The molecule has 88 valence electrons. The highest BCUT2D eigenvalue weighted by molar-refractivity contribution is 9.10. The molecule has 5 heteroatoms. The van der Waals surface area contributed by atoms with Gasteiger partial charge >= 0.3 is 0 Å². The Balaban J connectivity index is 2.02. The van der Waals surface area contributed by atoms with Crippen molar-refractivity contribution in [1.29, 1.82) is 0 Å². The van der Waals surface area contributed by atoms with Gasteiger partial charge in [-0.25, -0.2) is 4.98 Å². The Morgan fingerprint density at radius 3 is 3.12 bits per heavy atom. The Morgan fingerprint density at radius 2 is 2.50 bits per heavy atom. The number of nitrogens with two attached hydrogens (primary N) is 1. The molecule has 3 N–H and O–H groups in total. The van der Waals surface area contributed by atoms with E-state index in [2.05, 4.69) is 33.2 Å². The Bertz CT molecular complexity index is 366. The Labute approximate surface area is 104 Å². The van der Waals surface area contributed by atoms with Crippen LogP contribution in [0.5, 0.6) is 0 Å². The van der Waals surface area contributed by atoms with Crippen LogP contribution in [0, 0.1) is 5.92 Å². The summed E-state index contributed by atoms with van der Waals surface area (Å²) in [6.45, 7) is 3.86. The number of nitrogens with one attached hydrogen (secondary N) is 1. The first-order valence-corrected chi connectivity index (χ1v) is 6.21. The van der Waals surface area contributed by atoms with Gasteiger partial charge in [0.25, 0.3) is 0 Å². The molecule has 1 aromatic heterocycles. The molecule has 1 saturated heterocycles. The first-order valence-electron chi connectivity index (χ1n) is 5.42. The number of anilines is 2. The van der Waals surface area contributed by atoms with Crippen molar-refractivity contribution < 1.29 is 4.74 Å². The second-order valence-corrected chi connectivity index (χ2v) is 5.01. The normalized spacial score (nSPS) is 22.0. The van der Waals surface area contributed by atoms with E-state index in [9.17, 15) is 0 Å². The van der Waals surface area contributed by atoms with Gasteiger partial charge in [-0.2, -0.15) is 0 Å². The molecule has 0 spiro atoms. The minimum atomic E-state index is 0.356. The zero-order valence-electron chi connectivity index (χ0n) is 9.24. The van der Waals surface area contributed by atoms with E-state index in [0.717, 1.165) is 29.9 Å². The average Bonchev–Trinajstić information content (AvgIpc) is 2.75. The maximum atomic E-state index is 5.64. The molecule has 1 aliphatic rings. The molecule has 2 unspecified atom stereocenters. The zero-order valence-corrected chi connectivity index (χ0v) is 10.8. The summed E-state index contributed by atoms with van der Waals surface area (Å²) in [6.07, 6.45) is 2.77. The third kappa shape index (κ3) is 2.65. The van der Waals surface area contributed by atoms with Crippen LogP contribution in [0.15, 0.2) is 16.7 Å². The number of hydrogen-bond acceptors (Lipinski definition) is 4. The van der Waals surface area contributed by atoms with Gasteiger partial charge in [-0.15, -0.1) is 0 Å². The molecule has 0 radical (unpaired) electrons. The van der Waals surface area contributed by atoms with Crippen LogP contribution < -0.4 is 11.1 Å². The number of ether oxygens (including phenoxy) is 1. The maximum Gasteiger partial charge on any atom is 0.140 e. The van der Waals surface area contributed by atoms with E-state index in [1.807, 2.05) is 6.07 Å². The summed E-state index contributed by atoms with van der Waals surface area (Å²) in [6, 6.07) is 2.21. The molecule has 0 aromatic carbocycles. The molecule has 1 fully saturated rings. The fourth-order valence-electron chi connectivity index (χ4n) is 1.84. The summed E-state index contributed by atoms with van der Waals surface area (Å²) in [7, 11) is 0. The van der Waals surface area contributed by atoms with Crippen molar-refractivity contribution in [2.45, 2.75) is 19.4 Å². The van der Waals surface area contributed by atoms with Crippen LogP contribution in [0.2, 0.25) is 0 Å². The van der Waals surface area contributed by atoms with E-state index in [1.165, 1.54) is 0 Å². The third-order valence-corrected chi connectivity index (χ3v) is 3.50. The van der Waals surface area contributed by atoms with Crippen molar-refractivity contribution in [3.05, 3.63) is 16.7 Å². The minimum Gasteiger partial charge on any atom is -0.397 e. The minimum absolute atomic E-state index is 0.356. The van der Waals surface area contributed by atoms with Gasteiger partial charge in [0.15, 0.2) is 0 Å². The summed E-state index contributed by atoms with van der Waals surface area (Å²) in [5, 5.41) is 3.39. The van der Waals surface area contributed by atoms with Crippen molar-refractivity contribution in [2.24, 2.45) is 5.92 Å². The molecular weight excluding hydrogens is 270 g/mol. The number of halogens is 1.